The van der Waals surface area contributed by atoms with Crippen molar-refractivity contribution in [2.45, 2.75) is 18.1 Å². The molecule has 20 heavy (non-hydrogen) atoms. The normalized spacial score (nSPS) is 15.1. The minimum Gasteiger partial charge on any atom is -0.368 e. The van der Waals surface area contributed by atoms with Crippen LogP contribution in [0.3, 0.4) is 0 Å². The molecule has 0 radical (unpaired) electrons. The van der Waals surface area contributed by atoms with Gasteiger partial charge in [0.1, 0.15) is 5.54 Å². The van der Waals surface area contributed by atoms with Gasteiger partial charge in [0, 0.05) is 6.54 Å². The van der Waals surface area contributed by atoms with Crippen LogP contribution in [0.4, 0.5) is 13.2 Å². The number of rotatable bonds is 6. The van der Waals surface area contributed by atoms with E-state index in [9.17, 15) is 18.0 Å². The lowest BCUT2D eigenvalue weighted by Crippen LogP contribution is -2.51. The van der Waals surface area contributed by atoms with Crippen LogP contribution in [-0.2, 0) is 10.3 Å². The molecule has 4 N–H and O–H groups in total. The Labute approximate surface area is 115 Å². The predicted octanol–water partition coefficient (Wildman–Crippen LogP) is 1.21. The second-order valence-electron chi connectivity index (χ2n) is 4.80. The zero-order chi connectivity index (χ0) is 15.4. The molecule has 0 spiro atoms. The number of carbonyl (C=O) groups excluding carboxylic acids is 1. The van der Waals surface area contributed by atoms with Gasteiger partial charge in [-0.05, 0) is 19.0 Å². The molecule has 0 aliphatic carbocycles. The molecule has 1 amide bonds. The highest BCUT2D eigenvalue weighted by Crippen LogP contribution is 2.23. The molecule has 7 heteroatoms. The second-order valence-corrected chi connectivity index (χ2v) is 4.80. The Bertz CT molecular complexity index is 450. The van der Waals surface area contributed by atoms with E-state index in [1.165, 1.54) is 7.05 Å². The van der Waals surface area contributed by atoms with Crippen LogP contribution in [0.25, 0.3) is 0 Å². The Morgan fingerprint density at radius 2 is 1.80 bits per heavy atom. The molecule has 0 aliphatic rings. The number of carbonyl (C=O) groups is 1. The van der Waals surface area contributed by atoms with E-state index >= 15 is 0 Å². The summed E-state index contributed by atoms with van der Waals surface area (Å²) < 4.78 is 36.7. The first-order valence-corrected chi connectivity index (χ1v) is 6.05. The number of halogens is 3. The van der Waals surface area contributed by atoms with Crippen molar-refractivity contribution in [3.05, 3.63) is 35.9 Å². The maximum atomic E-state index is 12.2. The van der Waals surface area contributed by atoms with Gasteiger partial charge in [-0.25, -0.2) is 0 Å². The molecule has 1 unspecified atom stereocenters. The SMILES string of the molecule is CN(CCC(N)(C(N)=O)c1ccccc1)CC(F)(F)F. The van der Waals surface area contributed by atoms with Crippen molar-refractivity contribution in [1.82, 2.24) is 4.90 Å². The highest BCUT2D eigenvalue weighted by Gasteiger charge is 2.35. The third-order valence-corrected chi connectivity index (χ3v) is 3.07. The molecule has 0 aliphatic heterocycles. The average molecular weight is 289 g/mol. The summed E-state index contributed by atoms with van der Waals surface area (Å²) in [7, 11) is 1.32. The molecule has 1 rings (SSSR count). The summed E-state index contributed by atoms with van der Waals surface area (Å²) in [6.07, 6.45) is -4.27. The van der Waals surface area contributed by atoms with Gasteiger partial charge >= 0.3 is 6.18 Å². The number of hydrogen-bond donors (Lipinski definition) is 2. The third kappa shape index (κ3) is 4.50. The smallest absolute Gasteiger partial charge is 0.368 e. The quantitative estimate of drug-likeness (QED) is 0.827. The Balaban J connectivity index is 2.77. The molecule has 0 heterocycles. The standard InChI is InChI=1S/C13H18F3N3O/c1-19(9-13(14,15)16)8-7-12(18,11(17)20)10-5-3-2-4-6-10/h2-6H,7-9,18H2,1H3,(H2,17,20). The Morgan fingerprint density at radius 1 is 1.25 bits per heavy atom. The fraction of sp³-hybridized carbons (Fsp3) is 0.462. The van der Waals surface area contributed by atoms with Gasteiger partial charge in [0.2, 0.25) is 5.91 Å². The van der Waals surface area contributed by atoms with Gasteiger partial charge in [0.15, 0.2) is 0 Å². The molecule has 4 nitrogen and oxygen atoms in total. The van der Waals surface area contributed by atoms with E-state index < -0.39 is 24.2 Å². The van der Waals surface area contributed by atoms with E-state index in [0.29, 0.717) is 5.56 Å². The summed E-state index contributed by atoms with van der Waals surface area (Å²) in [5.74, 6) is -0.760. The maximum Gasteiger partial charge on any atom is 0.401 e. The number of alkyl halides is 3. The predicted molar refractivity (Wildman–Crippen MR) is 69.7 cm³/mol. The largest absolute Gasteiger partial charge is 0.401 e. The van der Waals surface area contributed by atoms with Crippen molar-refractivity contribution in [2.75, 3.05) is 20.1 Å². The molecule has 0 fully saturated rings. The lowest BCUT2D eigenvalue weighted by Gasteiger charge is -2.29. The molecule has 0 saturated carbocycles. The molecule has 0 bridgehead atoms. The van der Waals surface area contributed by atoms with Gasteiger partial charge < -0.3 is 11.5 Å². The third-order valence-electron chi connectivity index (χ3n) is 3.07. The zero-order valence-corrected chi connectivity index (χ0v) is 11.2. The maximum absolute atomic E-state index is 12.2. The van der Waals surface area contributed by atoms with Crippen LogP contribution in [-0.4, -0.2) is 37.1 Å². The van der Waals surface area contributed by atoms with Crippen molar-refractivity contribution in [3.63, 3.8) is 0 Å². The van der Waals surface area contributed by atoms with Crippen molar-refractivity contribution in [2.24, 2.45) is 11.5 Å². The summed E-state index contributed by atoms with van der Waals surface area (Å²) in [4.78, 5) is 12.6. The van der Waals surface area contributed by atoms with Crippen LogP contribution in [0, 0.1) is 0 Å². The molecule has 0 aromatic heterocycles. The van der Waals surface area contributed by atoms with Gasteiger partial charge in [-0.3, -0.25) is 9.69 Å². The lowest BCUT2D eigenvalue weighted by molar-refractivity contribution is -0.143. The first-order valence-electron chi connectivity index (χ1n) is 6.05. The first kappa shape index (κ1) is 16.5. The lowest BCUT2D eigenvalue weighted by atomic mass is 9.87. The number of primary amides is 1. The summed E-state index contributed by atoms with van der Waals surface area (Å²) in [6, 6.07) is 8.41. The van der Waals surface area contributed by atoms with E-state index in [2.05, 4.69) is 0 Å². The number of benzene rings is 1. The molecule has 0 saturated heterocycles. The van der Waals surface area contributed by atoms with E-state index in [-0.39, 0.29) is 13.0 Å². The van der Waals surface area contributed by atoms with Crippen molar-refractivity contribution >= 4 is 5.91 Å². The Morgan fingerprint density at radius 3 is 2.25 bits per heavy atom. The van der Waals surface area contributed by atoms with Crippen LogP contribution in [0.5, 0.6) is 0 Å². The average Bonchev–Trinajstić information content (AvgIpc) is 2.34. The van der Waals surface area contributed by atoms with E-state index in [1.807, 2.05) is 0 Å². The number of amides is 1. The van der Waals surface area contributed by atoms with Gasteiger partial charge in [-0.15, -0.1) is 0 Å². The highest BCUT2D eigenvalue weighted by atomic mass is 19.4. The summed E-state index contributed by atoms with van der Waals surface area (Å²) >= 11 is 0. The number of nitrogens with two attached hydrogens (primary N) is 2. The topological polar surface area (TPSA) is 72.3 Å². The number of nitrogens with zero attached hydrogens (tertiary/aromatic N) is 1. The molecule has 1 aromatic carbocycles. The fourth-order valence-corrected chi connectivity index (χ4v) is 1.90. The highest BCUT2D eigenvalue weighted by molar-refractivity contribution is 5.85. The first-order chi connectivity index (χ1) is 9.15. The van der Waals surface area contributed by atoms with Gasteiger partial charge in [0.25, 0.3) is 0 Å². The van der Waals surface area contributed by atoms with Crippen LogP contribution in [0.1, 0.15) is 12.0 Å². The van der Waals surface area contributed by atoms with Crippen molar-refractivity contribution < 1.29 is 18.0 Å². The van der Waals surface area contributed by atoms with Crippen LogP contribution in [0.2, 0.25) is 0 Å². The Hall–Kier alpha value is -1.60. The van der Waals surface area contributed by atoms with Crippen molar-refractivity contribution in [1.29, 1.82) is 0 Å². The zero-order valence-electron chi connectivity index (χ0n) is 11.2. The monoisotopic (exact) mass is 289 g/mol. The van der Waals surface area contributed by atoms with Crippen LogP contribution in [0.15, 0.2) is 30.3 Å². The minimum atomic E-state index is -4.29. The Kier molecular flexibility index (Phi) is 5.13. The fourth-order valence-electron chi connectivity index (χ4n) is 1.90. The molecule has 1 aromatic rings. The minimum absolute atomic E-state index is 0.00778. The van der Waals surface area contributed by atoms with Crippen molar-refractivity contribution in [3.8, 4) is 0 Å². The second kappa shape index (κ2) is 6.23. The van der Waals surface area contributed by atoms with Crippen LogP contribution < -0.4 is 11.5 Å². The molecular formula is C13H18F3N3O. The van der Waals surface area contributed by atoms with E-state index in [4.69, 9.17) is 11.5 Å². The van der Waals surface area contributed by atoms with Gasteiger partial charge in [-0.1, -0.05) is 30.3 Å². The summed E-state index contributed by atoms with van der Waals surface area (Å²) in [5.41, 5.74) is 10.3. The van der Waals surface area contributed by atoms with Gasteiger partial charge in [0.05, 0.1) is 6.54 Å². The molecular weight excluding hydrogens is 271 g/mol. The molecule has 1 atom stereocenters. The van der Waals surface area contributed by atoms with E-state index in [0.717, 1.165) is 4.90 Å². The van der Waals surface area contributed by atoms with E-state index in [1.54, 1.807) is 30.3 Å². The number of hydrogen-bond acceptors (Lipinski definition) is 3. The molecule has 112 valence electrons. The summed E-state index contributed by atoms with van der Waals surface area (Å²) in [6.45, 7) is -1.05. The van der Waals surface area contributed by atoms with Crippen LogP contribution >= 0.6 is 0 Å². The summed E-state index contributed by atoms with van der Waals surface area (Å²) in [5, 5.41) is 0. The van der Waals surface area contributed by atoms with Gasteiger partial charge in [-0.2, -0.15) is 13.2 Å².